The van der Waals surface area contributed by atoms with Crippen molar-refractivity contribution >= 4 is 21.6 Å². The monoisotopic (exact) mass is 482 g/mol. The maximum Gasteiger partial charge on any atom is 0.244 e. The molecule has 8 heteroatoms. The number of benzene rings is 3. The number of para-hydroxylation sites is 1. The molecule has 3 aromatic carbocycles. The first-order chi connectivity index (χ1) is 16.2. The molecule has 0 saturated carbocycles. The molecular weight excluding hydrogens is 452 g/mol. The summed E-state index contributed by atoms with van der Waals surface area (Å²) >= 11 is 0. The third-order valence-corrected chi connectivity index (χ3v) is 6.64. The van der Waals surface area contributed by atoms with E-state index in [1.54, 1.807) is 38.3 Å². The second kappa shape index (κ2) is 11.1. The molecular formula is C26H30N2O5S. The van der Waals surface area contributed by atoms with Gasteiger partial charge in [0.2, 0.25) is 15.9 Å². The Hall–Kier alpha value is -3.52. The van der Waals surface area contributed by atoms with E-state index in [4.69, 9.17) is 9.47 Å². The Morgan fingerprint density at radius 1 is 0.912 bits per heavy atom. The number of hydrogen-bond donors (Lipinski definition) is 1. The number of anilines is 1. The quantitative estimate of drug-likeness (QED) is 0.444. The van der Waals surface area contributed by atoms with Gasteiger partial charge in [-0.15, -0.1) is 0 Å². The van der Waals surface area contributed by atoms with Gasteiger partial charge in [0.1, 0.15) is 23.3 Å². The molecule has 34 heavy (non-hydrogen) atoms. The summed E-state index contributed by atoms with van der Waals surface area (Å²) in [5.74, 6) is 1.57. The van der Waals surface area contributed by atoms with Gasteiger partial charge in [-0.3, -0.25) is 9.10 Å². The molecule has 7 nitrogen and oxygen atoms in total. The average Bonchev–Trinajstić information content (AvgIpc) is 2.83. The first-order valence-corrected chi connectivity index (χ1v) is 12.8. The van der Waals surface area contributed by atoms with Crippen LogP contribution in [0.25, 0.3) is 0 Å². The van der Waals surface area contributed by atoms with Crippen LogP contribution in [0.2, 0.25) is 0 Å². The van der Waals surface area contributed by atoms with Gasteiger partial charge in [0, 0.05) is 0 Å². The van der Waals surface area contributed by atoms with Crippen LogP contribution < -0.4 is 19.1 Å². The van der Waals surface area contributed by atoms with Gasteiger partial charge >= 0.3 is 0 Å². The summed E-state index contributed by atoms with van der Waals surface area (Å²) < 4.78 is 37.4. The van der Waals surface area contributed by atoms with E-state index >= 15 is 0 Å². The number of nitrogens with zero attached hydrogens (tertiary/aromatic N) is 1. The minimum atomic E-state index is -3.73. The molecule has 0 aliphatic heterocycles. The van der Waals surface area contributed by atoms with E-state index in [2.05, 4.69) is 5.32 Å². The van der Waals surface area contributed by atoms with Crippen LogP contribution in [-0.2, 0) is 14.8 Å². The molecule has 1 amide bonds. The van der Waals surface area contributed by atoms with Gasteiger partial charge in [0.25, 0.3) is 0 Å². The fourth-order valence-electron chi connectivity index (χ4n) is 3.64. The number of nitrogens with one attached hydrogen (secondary N) is 1. The van der Waals surface area contributed by atoms with Crippen molar-refractivity contribution in [3.05, 3.63) is 84.4 Å². The minimum absolute atomic E-state index is 0.260. The lowest BCUT2D eigenvalue weighted by atomic mass is 10.0. The number of sulfonamides is 1. The van der Waals surface area contributed by atoms with Crippen LogP contribution in [-0.4, -0.2) is 33.7 Å². The highest BCUT2D eigenvalue weighted by molar-refractivity contribution is 7.92. The zero-order valence-electron chi connectivity index (χ0n) is 19.8. The number of carbonyl (C=O) groups is 1. The lowest BCUT2D eigenvalue weighted by molar-refractivity contribution is -0.122. The summed E-state index contributed by atoms with van der Waals surface area (Å²) in [6, 6.07) is 22.1. The normalized spacial score (nSPS) is 12.9. The van der Waals surface area contributed by atoms with Crippen molar-refractivity contribution in [2.75, 3.05) is 17.7 Å². The minimum Gasteiger partial charge on any atom is -0.497 e. The highest BCUT2D eigenvalue weighted by atomic mass is 32.2. The fraction of sp³-hybridized carbons (Fsp3) is 0.269. The number of rotatable bonds is 10. The number of methoxy groups -OCH3 is 1. The molecule has 0 unspecified atom stereocenters. The van der Waals surface area contributed by atoms with Gasteiger partial charge in [0.15, 0.2) is 0 Å². The maximum atomic E-state index is 13.1. The SMILES string of the molecule is CC[C@H](NC(=O)[C@H](C)N(c1ccc(Oc2ccccc2)cc1)S(C)(=O)=O)c1ccc(OC)cc1. The zero-order chi connectivity index (χ0) is 24.7. The Balaban J connectivity index is 1.78. The van der Waals surface area contributed by atoms with Gasteiger partial charge in [0.05, 0.1) is 25.1 Å². The molecule has 1 N–H and O–H groups in total. The molecule has 0 aliphatic rings. The third-order valence-electron chi connectivity index (χ3n) is 5.40. The van der Waals surface area contributed by atoms with Gasteiger partial charge in [-0.1, -0.05) is 37.3 Å². The van der Waals surface area contributed by atoms with Crippen LogP contribution >= 0.6 is 0 Å². The van der Waals surface area contributed by atoms with E-state index < -0.39 is 22.0 Å². The van der Waals surface area contributed by atoms with Crippen molar-refractivity contribution in [2.45, 2.75) is 32.4 Å². The van der Waals surface area contributed by atoms with E-state index in [0.29, 0.717) is 23.6 Å². The summed E-state index contributed by atoms with van der Waals surface area (Å²) in [7, 11) is -2.14. The zero-order valence-corrected chi connectivity index (χ0v) is 20.6. The van der Waals surface area contributed by atoms with Gasteiger partial charge in [-0.2, -0.15) is 0 Å². The van der Waals surface area contributed by atoms with Gasteiger partial charge < -0.3 is 14.8 Å². The number of ether oxygens (including phenoxy) is 2. The Morgan fingerprint density at radius 2 is 1.47 bits per heavy atom. The smallest absolute Gasteiger partial charge is 0.244 e. The van der Waals surface area contributed by atoms with Crippen LogP contribution in [0.4, 0.5) is 5.69 Å². The summed E-state index contributed by atoms with van der Waals surface area (Å²) in [6.45, 7) is 3.53. The lowest BCUT2D eigenvalue weighted by Gasteiger charge is -2.30. The largest absolute Gasteiger partial charge is 0.497 e. The third kappa shape index (κ3) is 6.29. The Kier molecular flexibility index (Phi) is 8.17. The predicted molar refractivity (Wildman–Crippen MR) is 134 cm³/mol. The van der Waals surface area contributed by atoms with Crippen LogP contribution in [0.3, 0.4) is 0 Å². The second-order valence-electron chi connectivity index (χ2n) is 7.89. The van der Waals surface area contributed by atoms with Crippen molar-refractivity contribution in [1.29, 1.82) is 0 Å². The van der Waals surface area contributed by atoms with Gasteiger partial charge in [-0.05, 0) is 67.4 Å². The average molecular weight is 483 g/mol. The highest BCUT2D eigenvalue weighted by Crippen LogP contribution is 2.27. The van der Waals surface area contributed by atoms with E-state index in [9.17, 15) is 13.2 Å². The topological polar surface area (TPSA) is 84.9 Å². The molecule has 0 aromatic heterocycles. The Labute approximate surface area is 201 Å². The van der Waals surface area contributed by atoms with Crippen molar-refractivity contribution in [1.82, 2.24) is 5.32 Å². The first-order valence-electron chi connectivity index (χ1n) is 11.0. The molecule has 0 aliphatic carbocycles. The molecule has 0 heterocycles. The summed E-state index contributed by atoms with van der Waals surface area (Å²) in [6.07, 6.45) is 1.74. The van der Waals surface area contributed by atoms with E-state index in [0.717, 1.165) is 21.9 Å². The lowest BCUT2D eigenvalue weighted by Crippen LogP contribution is -2.48. The van der Waals surface area contributed by atoms with Crippen molar-refractivity contribution in [3.63, 3.8) is 0 Å². The number of carbonyl (C=O) groups excluding carboxylic acids is 1. The molecule has 0 radical (unpaired) electrons. The van der Waals surface area contributed by atoms with E-state index in [1.165, 1.54) is 0 Å². The molecule has 0 bridgehead atoms. The van der Waals surface area contributed by atoms with Crippen molar-refractivity contribution in [3.8, 4) is 17.2 Å². The van der Waals surface area contributed by atoms with Crippen LogP contribution in [0.1, 0.15) is 31.9 Å². The van der Waals surface area contributed by atoms with Crippen LogP contribution in [0, 0.1) is 0 Å². The highest BCUT2D eigenvalue weighted by Gasteiger charge is 2.30. The molecule has 0 saturated heterocycles. The summed E-state index contributed by atoms with van der Waals surface area (Å²) in [4.78, 5) is 13.1. The molecule has 0 fully saturated rings. The van der Waals surface area contributed by atoms with Crippen LogP contribution in [0.15, 0.2) is 78.9 Å². The standard InChI is InChI=1S/C26H30N2O5S/c1-5-25(20-11-15-22(32-3)16-12-20)27-26(29)19(2)28(34(4,30)31)21-13-17-24(18-14-21)33-23-9-7-6-8-10-23/h6-19,25H,5H2,1-4H3,(H,27,29)/t19-,25-/m0/s1. The molecule has 0 spiro atoms. The second-order valence-corrected chi connectivity index (χ2v) is 9.75. The molecule has 180 valence electrons. The summed E-state index contributed by atoms with van der Waals surface area (Å²) in [5.41, 5.74) is 1.29. The summed E-state index contributed by atoms with van der Waals surface area (Å²) in [5, 5.41) is 2.98. The molecule has 2 atom stereocenters. The number of amides is 1. The van der Waals surface area contributed by atoms with Crippen molar-refractivity contribution in [2.24, 2.45) is 0 Å². The van der Waals surface area contributed by atoms with E-state index in [-0.39, 0.29) is 6.04 Å². The predicted octanol–water partition coefficient (Wildman–Crippen LogP) is 4.91. The maximum absolute atomic E-state index is 13.1. The van der Waals surface area contributed by atoms with Crippen molar-refractivity contribution < 1.29 is 22.7 Å². The Bertz CT molecular complexity index is 1180. The first kappa shape index (κ1) is 25.1. The van der Waals surface area contributed by atoms with Gasteiger partial charge in [-0.25, -0.2) is 8.42 Å². The Morgan fingerprint density at radius 3 is 2.00 bits per heavy atom. The fourth-order valence-corrected chi connectivity index (χ4v) is 4.82. The molecule has 3 rings (SSSR count). The molecule has 3 aromatic rings. The van der Waals surface area contributed by atoms with E-state index in [1.807, 2.05) is 61.5 Å². The number of hydrogen-bond acceptors (Lipinski definition) is 5. The van der Waals surface area contributed by atoms with Crippen LogP contribution in [0.5, 0.6) is 17.2 Å².